The molecular formula is C21H21F3N4O2S. The highest BCUT2D eigenvalue weighted by atomic mass is 32.2. The summed E-state index contributed by atoms with van der Waals surface area (Å²) in [5.41, 5.74) is 0.747. The van der Waals surface area contributed by atoms with E-state index in [2.05, 4.69) is 10.2 Å². The Morgan fingerprint density at radius 3 is 2.32 bits per heavy atom. The lowest BCUT2D eigenvalue weighted by molar-refractivity contribution is -0.137. The van der Waals surface area contributed by atoms with E-state index in [9.17, 15) is 18.0 Å². The number of thioether (sulfide) groups is 1. The Morgan fingerprint density at radius 2 is 1.74 bits per heavy atom. The first-order valence-corrected chi connectivity index (χ1v) is 10.3. The van der Waals surface area contributed by atoms with Crippen LogP contribution in [0.3, 0.4) is 0 Å². The van der Waals surface area contributed by atoms with Crippen LogP contribution in [0.4, 0.5) is 13.2 Å². The van der Waals surface area contributed by atoms with E-state index in [1.165, 1.54) is 28.8 Å². The Hall–Kier alpha value is -3.01. The van der Waals surface area contributed by atoms with Gasteiger partial charge in [-0.1, -0.05) is 23.9 Å². The van der Waals surface area contributed by atoms with E-state index in [-0.39, 0.29) is 18.2 Å². The molecule has 1 amide bonds. The quantitative estimate of drug-likeness (QED) is 0.501. The number of ether oxygens (including phenoxy) is 1. The zero-order chi connectivity index (χ0) is 22.6. The van der Waals surface area contributed by atoms with E-state index in [0.29, 0.717) is 16.5 Å². The van der Waals surface area contributed by atoms with Crippen molar-refractivity contribution in [3.8, 4) is 11.4 Å². The van der Waals surface area contributed by atoms with Gasteiger partial charge in [0.1, 0.15) is 11.6 Å². The summed E-state index contributed by atoms with van der Waals surface area (Å²) in [7, 11) is 3.20. The zero-order valence-electron chi connectivity index (χ0n) is 17.2. The van der Waals surface area contributed by atoms with Gasteiger partial charge in [0.15, 0.2) is 5.16 Å². The lowest BCUT2D eigenvalue weighted by Gasteiger charge is -2.17. The fourth-order valence-corrected chi connectivity index (χ4v) is 3.80. The average Bonchev–Trinajstić information content (AvgIpc) is 3.12. The van der Waals surface area contributed by atoms with Crippen LogP contribution in [0.1, 0.15) is 17.0 Å². The highest BCUT2D eigenvalue weighted by Crippen LogP contribution is 2.29. The van der Waals surface area contributed by atoms with Crippen LogP contribution < -0.4 is 4.74 Å². The van der Waals surface area contributed by atoms with Crippen LogP contribution in [-0.2, 0) is 17.5 Å². The van der Waals surface area contributed by atoms with E-state index in [1.807, 2.05) is 35.8 Å². The summed E-state index contributed by atoms with van der Waals surface area (Å²) in [6, 6.07) is 12.2. The van der Waals surface area contributed by atoms with Crippen molar-refractivity contribution in [3.05, 3.63) is 65.5 Å². The highest BCUT2D eigenvalue weighted by Gasteiger charge is 2.30. The van der Waals surface area contributed by atoms with Gasteiger partial charge in [-0.15, -0.1) is 10.2 Å². The second-order valence-corrected chi connectivity index (χ2v) is 7.74. The molecule has 3 aromatic rings. The van der Waals surface area contributed by atoms with Gasteiger partial charge in [0.2, 0.25) is 5.91 Å². The Kier molecular flexibility index (Phi) is 6.89. The largest absolute Gasteiger partial charge is 0.497 e. The maximum absolute atomic E-state index is 12.7. The zero-order valence-corrected chi connectivity index (χ0v) is 18.0. The molecule has 0 fully saturated rings. The fraction of sp³-hybridized carbons (Fsp3) is 0.286. The molecule has 0 saturated heterocycles. The molecule has 164 valence electrons. The van der Waals surface area contributed by atoms with E-state index in [4.69, 9.17) is 4.74 Å². The van der Waals surface area contributed by atoms with Gasteiger partial charge in [0, 0.05) is 19.3 Å². The number of hydrogen-bond acceptors (Lipinski definition) is 5. The van der Waals surface area contributed by atoms with Crippen molar-refractivity contribution in [1.29, 1.82) is 0 Å². The van der Waals surface area contributed by atoms with Crippen molar-refractivity contribution < 1.29 is 22.7 Å². The Bertz CT molecular complexity index is 1030. The summed E-state index contributed by atoms with van der Waals surface area (Å²) in [5.74, 6) is 1.35. The van der Waals surface area contributed by atoms with E-state index in [1.54, 1.807) is 14.2 Å². The maximum atomic E-state index is 12.7. The lowest BCUT2D eigenvalue weighted by Crippen LogP contribution is -2.28. The van der Waals surface area contributed by atoms with Gasteiger partial charge < -0.3 is 9.64 Å². The molecule has 0 bridgehead atoms. The summed E-state index contributed by atoms with van der Waals surface area (Å²) in [6.45, 7) is 2.03. The molecule has 3 rings (SSSR count). The molecular weight excluding hydrogens is 429 g/mol. The van der Waals surface area contributed by atoms with Crippen LogP contribution >= 0.6 is 11.8 Å². The molecule has 31 heavy (non-hydrogen) atoms. The number of aryl methyl sites for hydroxylation is 1. The summed E-state index contributed by atoms with van der Waals surface area (Å²) in [6.07, 6.45) is -4.38. The SMILES string of the molecule is COc1ccc(-n2c(C)nnc2SCC(=O)N(C)Cc2ccc(C(F)(F)F)cc2)cc1. The standard InChI is InChI=1S/C21H21F3N4O2S/c1-14-25-26-20(28(14)17-8-10-18(30-3)11-9-17)31-13-19(29)27(2)12-15-4-6-16(7-5-15)21(22,23)24/h4-11H,12-13H2,1-3H3. The third-order valence-corrected chi connectivity index (χ3v) is 5.49. The van der Waals surface area contributed by atoms with E-state index >= 15 is 0 Å². The molecule has 6 nitrogen and oxygen atoms in total. The number of halogens is 3. The number of alkyl halides is 3. The Morgan fingerprint density at radius 1 is 1.10 bits per heavy atom. The molecule has 0 aliphatic rings. The van der Waals surface area contributed by atoms with Crippen LogP contribution in [0.2, 0.25) is 0 Å². The normalized spacial score (nSPS) is 11.4. The predicted molar refractivity (Wildman–Crippen MR) is 111 cm³/mol. The molecule has 0 aliphatic carbocycles. The highest BCUT2D eigenvalue weighted by molar-refractivity contribution is 7.99. The molecule has 0 N–H and O–H groups in total. The predicted octanol–water partition coefficient (Wildman–Crippen LogP) is 4.35. The number of methoxy groups -OCH3 is 1. The summed E-state index contributed by atoms with van der Waals surface area (Å²) < 4.78 is 45.1. The molecule has 0 radical (unpaired) electrons. The van der Waals surface area contributed by atoms with Gasteiger partial charge in [-0.3, -0.25) is 9.36 Å². The molecule has 2 aromatic carbocycles. The summed E-state index contributed by atoms with van der Waals surface area (Å²) in [5, 5.41) is 8.82. The van der Waals surface area contributed by atoms with Gasteiger partial charge in [0.25, 0.3) is 0 Å². The first-order valence-electron chi connectivity index (χ1n) is 9.28. The first kappa shape index (κ1) is 22.7. The van der Waals surface area contributed by atoms with Crippen molar-refractivity contribution in [2.75, 3.05) is 19.9 Å². The topological polar surface area (TPSA) is 60.2 Å². The van der Waals surface area contributed by atoms with Crippen molar-refractivity contribution in [1.82, 2.24) is 19.7 Å². The molecule has 0 saturated carbocycles. The third kappa shape index (κ3) is 5.57. The van der Waals surface area contributed by atoms with Crippen molar-refractivity contribution in [3.63, 3.8) is 0 Å². The number of rotatable bonds is 7. The second-order valence-electron chi connectivity index (χ2n) is 6.80. The van der Waals surface area contributed by atoms with Crippen LogP contribution in [-0.4, -0.2) is 45.5 Å². The number of carbonyl (C=O) groups is 1. The van der Waals surface area contributed by atoms with Crippen LogP contribution in [0, 0.1) is 6.92 Å². The molecule has 0 atom stereocenters. The molecule has 1 aromatic heterocycles. The number of aromatic nitrogens is 3. The minimum absolute atomic E-state index is 0.116. The smallest absolute Gasteiger partial charge is 0.416 e. The fourth-order valence-electron chi connectivity index (χ4n) is 2.86. The summed E-state index contributed by atoms with van der Waals surface area (Å²) >= 11 is 1.24. The summed E-state index contributed by atoms with van der Waals surface area (Å²) in [4.78, 5) is 14.0. The minimum atomic E-state index is -4.38. The van der Waals surface area contributed by atoms with Gasteiger partial charge in [-0.05, 0) is 48.9 Å². The molecule has 0 aliphatic heterocycles. The van der Waals surface area contributed by atoms with E-state index < -0.39 is 11.7 Å². The Labute approximate surface area is 182 Å². The van der Waals surface area contributed by atoms with Crippen LogP contribution in [0.15, 0.2) is 53.7 Å². The monoisotopic (exact) mass is 450 g/mol. The van der Waals surface area contributed by atoms with E-state index in [0.717, 1.165) is 23.6 Å². The van der Waals surface area contributed by atoms with Gasteiger partial charge in [0.05, 0.1) is 18.4 Å². The number of amides is 1. The second kappa shape index (κ2) is 9.42. The molecule has 1 heterocycles. The van der Waals surface area contributed by atoms with Gasteiger partial charge >= 0.3 is 6.18 Å². The van der Waals surface area contributed by atoms with Gasteiger partial charge in [-0.2, -0.15) is 13.2 Å². The van der Waals surface area contributed by atoms with Crippen LogP contribution in [0.5, 0.6) is 5.75 Å². The third-order valence-electron chi connectivity index (χ3n) is 4.58. The Balaban J connectivity index is 1.63. The number of hydrogen-bond donors (Lipinski definition) is 0. The molecule has 0 unspecified atom stereocenters. The number of benzene rings is 2. The van der Waals surface area contributed by atoms with Crippen LogP contribution in [0.25, 0.3) is 5.69 Å². The molecule has 0 spiro atoms. The number of carbonyl (C=O) groups excluding carboxylic acids is 1. The van der Waals surface area contributed by atoms with Crippen molar-refractivity contribution in [2.45, 2.75) is 24.8 Å². The molecule has 10 heteroatoms. The lowest BCUT2D eigenvalue weighted by atomic mass is 10.1. The minimum Gasteiger partial charge on any atom is -0.497 e. The average molecular weight is 450 g/mol. The maximum Gasteiger partial charge on any atom is 0.416 e. The number of nitrogens with zero attached hydrogens (tertiary/aromatic N) is 4. The first-order chi connectivity index (χ1) is 14.7. The van der Waals surface area contributed by atoms with Crippen molar-refractivity contribution in [2.24, 2.45) is 0 Å². The van der Waals surface area contributed by atoms with Crippen molar-refractivity contribution >= 4 is 17.7 Å². The van der Waals surface area contributed by atoms with Gasteiger partial charge in [-0.25, -0.2) is 0 Å².